The van der Waals surface area contributed by atoms with Crippen molar-refractivity contribution in [1.82, 2.24) is 10.6 Å². The second-order valence-corrected chi connectivity index (χ2v) is 5.77. The Morgan fingerprint density at radius 2 is 2.16 bits per heavy atom. The molecule has 4 heteroatoms. The Bertz CT molecular complexity index is 399. The number of rotatable bonds is 5. The van der Waals surface area contributed by atoms with Crippen LogP contribution in [0.15, 0.2) is 29.2 Å². The molecule has 2 rings (SSSR count). The van der Waals surface area contributed by atoms with E-state index in [2.05, 4.69) is 41.2 Å². The largest absolute Gasteiger partial charge is 0.354 e. The van der Waals surface area contributed by atoms with E-state index >= 15 is 0 Å². The molecule has 1 unspecified atom stereocenters. The predicted octanol–water partition coefficient (Wildman–Crippen LogP) is 2.21. The van der Waals surface area contributed by atoms with Crippen LogP contribution >= 0.6 is 11.8 Å². The highest BCUT2D eigenvalue weighted by Crippen LogP contribution is 2.14. The SMILES string of the molecule is CSc1ccc(CCNC(=O)C2CCCCN2)cc1. The number of nitrogens with one attached hydrogen (secondary N) is 2. The summed E-state index contributed by atoms with van der Waals surface area (Å²) in [5, 5.41) is 6.29. The van der Waals surface area contributed by atoms with Crippen molar-refractivity contribution in [3.05, 3.63) is 29.8 Å². The lowest BCUT2D eigenvalue weighted by Gasteiger charge is -2.22. The summed E-state index contributed by atoms with van der Waals surface area (Å²) < 4.78 is 0. The molecule has 1 amide bonds. The number of hydrogen-bond acceptors (Lipinski definition) is 3. The number of thioether (sulfide) groups is 1. The van der Waals surface area contributed by atoms with E-state index in [4.69, 9.17) is 0 Å². The van der Waals surface area contributed by atoms with Gasteiger partial charge in [0, 0.05) is 11.4 Å². The minimum absolute atomic E-state index is 0.0209. The van der Waals surface area contributed by atoms with Gasteiger partial charge in [0.2, 0.25) is 5.91 Å². The third-order valence-corrected chi connectivity index (χ3v) is 4.24. The maximum Gasteiger partial charge on any atom is 0.237 e. The van der Waals surface area contributed by atoms with E-state index in [0.717, 1.165) is 32.4 Å². The number of carbonyl (C=O) groups is 1. The average Bonchev–Trinajstić information content (AvgIpc) is 2.49. The Kier molecular flexibility index (Phi) is 5.73. The third-order valence-electron chi connectivity index (χ3n) is 3.50. The highest BCUT2D eigenvalue weighted by molar-refractivity contribution is 7.98. The maximum atomic E-state index is 11.9. The van der Waals surface area contributed by atoms with Crippen molar-refractivity contribution in [2.24, 2.45) is 0 Å². The fraction of sp³-hybridized carbons (Fsp3) is 0.533. The van der Waals surface area contributed by atoms with Crippen molar-refractivity contribution >= 4 is 17.7 Å². The van der Waals surface area contributed by atoms with E-state index < -0.39 is 0 Å². The molecule has 0 aliphatic carbocycles. The van der Waals surface area contributed by atoms with Crippen LogP contribution in [0.2, 0.25) is 0 Å². The van der Waals surface area contributed by atoms with Crippen LogP contribution in [0.3, 0.4) is 0 Å². The average molecular weight is 278 g/mol. The summed E-state index contributed by atoms with van der Waals surface area (Å²) in [5.41, 5.74) is 1.27. The van der Waals surface area contributed by atoms with E-state index in [1.807, 2.05) is 0 Å². The zero-order valence-electron chi connectivity index (χ0n) is 11.4. The molecule has 0 aromatic heterocycles. The van der Waals surface area contributed by atoms with Crippen LogP contribution in [0.25, 0.3) is 0 Å². The summed E-state index contributed by atoms with van der Waals surface area (Å²) in [6.45, 7) is 1.68. The van der Waals surface area contributed by atoms with Crippen molar-refractivity contribution in [2.75, 3.05) is 19.3 Å². The van der Waals surface area contributed by atoms with Crippen molar-refractivity contribution < 1.29 is 4.79 Å². The van der Waals surface area contributed by atoms with Gasteiger partial charge in [-0.2, -0.15) is 0 Å². The first-order chi connectivity index (χ1) is 9.29. The standard InChI is InChI=1S/C15H22N2OS/c1-19-13-7-5-12(6-8-13)9-11-17-15(18)14-4-2-3-10-16-14/h5-8,14,16H,2-4,9-11H2,1H3,(H,17,18). The molecule has 1 atom stereocenters. The molecule has 0 saturated carbocycles. The lowest BCUT2D eigenvalue weighted by Crippen LogP contribution is -2.47. The molecular weight excluding hydrogens is 256 g/mol. The summed E-state index contributed by atoms with van der Waals surface area (Å²) in [5.74, 6) is 0.153. The summed E-state index contributed by atoms with van der Waals surface area (Å²) >= 11 is 1.75. The minimum atomic E-state index is 0.0209. The lowest BCUT2D eigenvalue weighted by molar-refractivity contribution is -0.123. The Balaban J connectivity index is 1.71. The molecule has 1 fully saturated rings. The van der Waals surface area contributed by atoms with Gasteiger partial charge in [-0.15, -0.1) is 11.8 Å². The van der Waals surface area contributed by atoms with Gasteiger partial charge in [0.15, 0.2) is 0 Å². The van der Waals surface area contributed by atoms with E-state index in [1.54, 1.807) is 11.8 Å². The summed E-state index contributed by atoms with van der Waals surface area (Å²) in [6, 6.07) is 8.55. The molecule has 1 aromatic carbocycles. The highest BCUT2D eigenvalue weighted by Gasteiger charge is 2.19. The number of hydrogen-bond donors (Lipinski definition) is 2. The number of piperidine rings is 1. The van der Waals surface area contributed by atoms with E-state index in [0.29, 0.717) is 0 Å². The molecule has 3 nitrogen and oxygen atoms in total. The molecule has 19 heavy (non-hydrogen) atoms. The van der Waals surface area contributed by atoms with Crippen molar-refractivity contribution in [3.8, 4) is 0 Å². The van der Waals surface area contributed by atoms with Gasteiger partial charge >= 0.3 is 0 Å². The topological polar surface area (TPSA) is 41.1 Å². The normalized spacial score (nSPS) is 19.1. The molecule has 0 bridgehead atoms. The fourth-order valence-electron chi connectivity index (χ4n) is 2.32. The monoisotopic (exact) mass is 278 g/mol. The molecule has 104 valence electrons. The molecule has 1 saturated heterocycles. The molecule has 2 N–H and O–H groups in total. The summed E-state index contributed by atoms with van der Waals surface area (Å²) in [7, 11) is 0. The van der Waals surface area contributed by atoms with Crippen LogP contribution in [-0.2, 0) is 11.2 Å². The lowest BCUT2D eigenvalue weighted by atomic mass is 10.0. The number of amides is 1. The molecule has 0 spiro atoms. The quantitative estimate of drug-likeness (QED) is 0.811. The van der Waals surface area contributed by atoms with Gasteiger partial charge in [-0.25, -0.2) is 0 Å². The van der Waals surface area contributed by atoms with Crippen molar-refractivity contribution in [1.29, 1.82) is 0 Å². The van der Waals surface area contributed by atoms with E-state index in [-0.39, 0.29) is 11.9 Å². The minimum Gasteiger partial charge on any atom is -0.354 e. The van der Waals surface area contributed by atoms with Crippen LogP contribution < -0.4 is 10.6 Å². The van der Waals surface area contributed by atoms with Gasteiger partial charge in [0.05, 0.1) is 6.04 Å². The first-order valence-electron chi connectivity index (χ1n) is 6.93. The van der Waals surface area contributed by atoms with Crippen LogP contribution in [0.4, 0.5) is 0 Å². The van der Waals surface area contributed by atoms with Gasteiger partial charge < -0.3 is 10.6 Å². The zero-order valence-corrected chi connectivity index (χ0v) is 12.3. The van der Waals surface area contributed by atoms with Gasteiger partial charge in [0.25, 0.3) is 0 Å². The van der Waals surface area contributed by atoms with Gasteiger partial charge in [-0.05, 0) is 49.8 Å². The molecule has 1 aliphatic heterocycles. The Morgan fingerprint density at radius 1 is 1.37 bits per heavy atom. The third kappa shape index (κ3) is 4.55. The second kappa shape index (κ2) is 7.56. The zero-order chi connectivity index (χ0) is 13.5. The Labute approximate surface area is 119 Å². The van der Waals surface area contributed by atoms with E-state index in [9.17, 15) is 4.79 Å². The first-order valence-corrected chi connectivity index (χ1v) is 8.16. The van der Waals surface area contributed by atoms with Crippen LogP contribution in [-0.4, -0.2) is 31.3 Å². The highest BCUT2D eigenvalue weighted by atomic mass is 32.2. The van der Waals surface area contributed by atoms with Gasteiger partial charge in [-0.3, -0.25) is 4.79 Å². The van der Waals surface area contributed by atoms with Crippen molar-refractivity contribution in [3.63, 3.8) is 0 Å². The molecule has 1 heterocycles. The van der Waals surface area contributed by atoms with E-state index in [1.165, 1.54) is 16.9 Å². The smallest absolute Gasteiger partial charge is 0.237 e. The van der Waals surface area contributed by atoms with Gasteiger partial charge in [0.1, 0.15) is 0 Å². The van der Waals surface area contributed by atoms with Crippen molar-refractivity contribution in [2.45, 2.75) is 36.6 Å². The van der Waals surface area contributed by atoms with Crippen LogP contribution in [0, 0.1) is 0 Å². The maximum absolute atomic E-state index is 11.9. The molecular formula is C15H22N2OS. The van der Waals surface area contributed by atoms with Crippen LogP contribution in [0.5, 0.6) is 0 Å². The van der Waals surface area contributed by atoms with Gasteiger partial charge in [-0.1, -0.05) is 18.6 Å². The first kappa shape index (κ1) is 14.4. The second-order valence-electron chi connectivity index (χ2n) is 4.89. The summed E-state index contributed by atoms with van der Waals surface area (Å²) in [4.78, 5) is 13.2. The number of benzene rings is 1. The Hall–Kier alpha value is -1.00. The number of carbonyl (C=O) groups excluding carboxylic acids is 1. The van der Waals surface area contributed by atoms with Crippen LogP contribution in [0.1, 0.15) is 24.8 Å². The fourth-order valence-corrected chi connectivity index (χ4v) is 2.73. The molecule has 1 aromatic rings. The Morgan fingerprint density at radius 3 is 2.79 bits per heavy atom. The predicted molar refractivity (Wildman–Crippen MR) is 80.6 cm³/mol. The molecule has 1 aliphatic rings. The summed E-state index contributed by atoms with van der Waals surface area (Å²) in [6.07, 6.45) is 6.28. The molecule has 0 radical (unpaired) electrons.